The quantitative estimate of drug-likeness (QED) is 0.906. The molecular weight excluding hydrogens is 269 g/mol. The minimum Gasteiger partial charge on any atom is -0.383 e. The molecular formula is C15H14FN5. The lowest BCUT2D eigenvalue weighted by Gasteiger charge is -2.28. The van der Waals surface area contributed by atoms with E-state index in [1.165, 1.54) is 12.4 Å². The van der Waals surface area contributed by atoms with Crippen molar-refractivity contribution >= 4 is 5.82 Å². The lowest BCUT2D eigenvalue weighted by Crippen LogP contribution is -2.31. The van der Waals surface area contributed by atoms with E-state index in [1.54, 1.807) is 12.1 Å². The Balaban J connectivity index is 1.77. The van der Waals surface area contributed by atoms with Gasteiger partial charge in [0, 0.05) is 25.2 Å². The van der Waals surface area contributed by atoms with Crippen LogP contribution in [0.2, 0.25) is 0 Å². The molecule has 3 rings (SSSR count). The second-order valence-electron chi connectivity index (χ2n) is 5.07. The standard InChI is InChI=1S/C15H14FN5/c16-13-2-1-10(5-11(13)6-17)7-21-4-3-12-14(8-21)19-9-20-15(12)18/h1-2,5,9H,3-4,7-8H2,(H2,18,19,20). The zero-order valence-corrected chi connectivity index (χ0v) is 11.4. The average molecular weight is 283 g/mol. The zero-order valence-electron chi connectivity index (χ0n) is 11.4. The van der Waals surface area contributed by atoms with Gasteiger partial charge < -0.3 is 5.73 Å². The molecule has 0 radical (unpaired) electrons. The molecule has 2 heterocycles. The molecule has 0 spiro atoms. The molecule has 6 heteroatoms. The van der Waals surface area contributed by atoms with Crippen molar-refractivity contribution in [1.82, 2.24) is 14.9 Å². The third-order valence-corrected chi connectivity index (χ3v) is 3.68. The molecule has 0 unspecified atom stereocenters. The van der Waals surface area contributed by atoms with Gasteiger partial charge in [0.05, 0.1) is 11.3 Å². The maximum Gasteiger partial charge on any atom is 0.140 e. The summed E-state index contributed by atoms with van der Waals surface area (Å²) in [5, 5.41) is 8.87. The van der Waals surface area contributed by atoms with Gasteiger partial charge in [0.25, 0.3) is 0 Å². The van der Waals surface area contributed by atoms with Crippen LogP contribution in [0.3, 0.4) is 0 Å². The fourth-order valence-corrected chi connectivity index (χ4v) is 2.58. The average Bonchev–Trinajstić information content (AvgIpc) is 2.49. The Labute approximate surface area is 121 Å². The topological polar surface area (TPSA) is 78.8 Å². The van der Waals surface area contributed by atoms with Gasteiger partial charge in [-0.2, -0.15) is 5.26 Å². The fraction of sp³-hybridized carbons (Fsp3) is 0.267. The zero-order chi connectivity index (χ0) is 14.8. The van der Waals surface area contributed by atoms with Gasteiger partial charge in [-0.3, -0.25) is 4.90 Å². The molecule has 1 aromatic carbocycles. The van der Waals surface area contributed by atoms with Crippen LogP contribution in [0.4, 0.5) is 10.2 Å². The van der Waals surface area contributed by atoms with Crippen molar-refractivity contribution in [2.45, 2.75) is 19.5 Å². The van der Waals surface area contributed by atoms with E-state index in [0.29, 0.717) is 18.9 Å². The number of hydrogen-bond donors (Lipinski definition) is 1. The molecule has 0 saturated heterocycles. The maximum absolute atomic E-state index is 13.3. The first-order valence-corrected chi connectivity index (χ1v) is 6.66. The predicted octanol–water partition coefficient (Wildman–Crippen LogP) is 1.63. The number of nitrogen functional groups attached to an aromatic ring is 1. The Hall–Kier alpha value is -2.52. The van der Waals surface area contributed by atoms with E-state index in [1.807, 2.05) is 6.07 Å². The fourth-order valence-electron chi connectivity index (χ4n) is 2.58. The van der Waals surface area contributed by atoms with Gasteiger partial charge in [0.1, 0.15) is 24.0 Å². The molecule has 0 saturated carbocycles. The number of aromatic nitrogens is 2. The molecule has 2 aromatic rings. The summed E-state index contributed by atoms with van der Waals surface area (Å²) in [4.78, 5) is 10.5. The van der Waals surface area contributed by atoms with Crippen molar-refractivity contribution in [3.63, 3.8) is 0 Å². The number of fused-ring (bicyclic) bond motifs is 1. The SMILES string of the molecule is N#Cc1cc(CN2CCc3c(N)ncnc3C2)ccc1F. The summed E-state index contributed by atoms with van der Waals surface area (Å²) < 4.78 is 13.3. The van der Waals surface area contributed by atoms with E-state index in [9.17, 15) is 4.39 Å². The number of hydrogen-bond acceptors (Lipinski definition) is 5. The molecule has 0 atom stereocenters. The summed E-state index contributed by atoms with van der Waals surface area (Å²) >= 11 is 0. The first kappa shape index (κ1) is 13.5. The molecule has 0 amide bonds. The van der Waals surface area contributed by atoms with Crippen molar-refractivity contribution in [3.8, 4) is 6.07 Å². The van der Waals surface area contributed by atoms with Crippen LogP contribution in [0.5, 0.6) is 0 Å². The lowest BCUT2D eigenvalue weighted by atomic mass is 10.0. The molecule has 1 aromatic heterocycles. The largest absolute Gasteiger partial charge is 0.383 e. The van der Waals surface area contributed by atoms with E-state index in [0.717, 1.165) is 29.8 Å². The van der Waals surface area contributed by atoms with Gasteiger partial charge in [-0.1, -0.05) is 6.07 Å². The number of nitrogens with two attached hydrogens (primary N) is 1. The lowest BCUT2D eigenvalue weighted by molar-refractivity contribution is 0.241. The highest BCUT2D eigenvalue weighted by atomic mass is 19.1. The van der Waals surface area contributed by atoms with Crippen LogP contribution in [0.15, 0.2) is 24.5 Å². The smallest absolute Gasteiger partial charge is 0.140 e. The first-order valence-electron chi connectivity index (χ1n) is 6.66. The Morgan fingerprint density at radius 3 is 3.05 bits per heavy atom. The van der Waals surface area contributed by atoms with Gasteiger partial charge in [-0.25, -0.2) is 14.4 Å². The van der Waals surface area contributed by atoms with Crippen LogP contribution in [0, 0.1) is 17.1 Å². The van der Waals surface area contributed by atoms with Gasteiger partial charge in [-0.15, -0.1) is 0 Å². The third-order valence-electron chi connectivity index (χ3n) is 3.68. The molecule has 0 fully saturated rings. The van der Waals surface area contributed by atoms with Crippen LogP contribution in [0.25, 0.3) is 0 Å². The molecule has 0 bridgehead atoms. The third kappa shape index (κ3) is 2.69. The number of nitriles is 1. The normalized spacial score (nSPS) is 14.5. The number of anilines is 1. The Bertz CT molecular complexity index is 722. The van der Waals surface area contributed by atoms with E-state index in [4.69, 9.17) is 11.0 Å². The highest BCUT2D eigenvalue weighted by Crippen LogP contribution is 2.22. The number of nitrogens with zero attached hydrogens (tertiary/aromatic N) is 4. The minimum atomic E-state index is -0.481. The Morgan fingerprint density at radius 1 is 1.38 bits per heavy atom. The van der Waals surface area contributed by atoms with Crippen molar-refractivity contribution in [1.29, 1.82) is 5.26 Å². The van der Waals surface area contributed by atoms with Crippen molar-refractivity contribution < 1.29 is 4.39 Å². The van der Waals surface area contributed by atoms with E-state index in [-0.39, 0.29) is 5.56 Å². The molecule has 106 valence electrons. The monoisotopic (exact) mass is 283 g/mol. The predicted molar refractivity (Wildman–Crippen MR) is 75.4 cm³/mol. The van der Waals surface area contributed by atoms with Crippen molar-refractivity contribution in [3.05, 3.63) is 52.7 Å². The van der Waals surface area contributed by atoms with E-state index >= 15 is 0 Å². The highest BCUT2D eigenvalue weighted by molar-refractivity contribution is 5.42. The van der Waals surface area contributed by atoms with Crippen molar-refractivity contribution in [2.24, 2.45) is 0 Å². The number of halogens is 1. The van der Waals surface area contributed by atoms with Crippen molar-refractivity contribution in [2.75, 3.05) is 12.3 Å². The Morgan fingerprint density at radius 2 is 2.24 bits per heavy atom. The molecule has 5 nitrogen and oxygen atoms in total. The minimum absolute atomic E-state index is 0.0801. The van der Waals surface area contributed by atoms with Gasteiger partial charge in [-0.05, 0) is 24.1 Å². The maximum atomic E-state index is 13.3. The summed E-state index contributed by atoms with van der Waals surface area (Å²) in [6.07, 6.45) is 2.28. The van der Waals surface area contributed by atoms with Crippen LogP contribution in [-0.4, -0.2) is 21.4 Å². The van der Waals surface area contributed by atoms with E-state index in [2.05, 4.69) is 14.9 Å². The summed E-state index contributed by atoms with van der Waals surface area (Å²) in [7, 11) is 0. The van der Waals surface area contributed by atoms with Crippen LogP contribution >= 0.6 is 0 Å². The van der Waals surface area contributed by atoms with Gasteiger partial charge in [0.2, 0.25) is 0 Å². The van der Waals surface area contributed by atoms with Gasteiger partial charge in [0.15, 0.2) is 0 Å². The molecule has 1 aliphatic heterocycles. The second kappa shape index (κ2) is 5.46. The summed E-state index contributed by atoms with van der Waals surface area (Å²) in [5.74, 6) is 0.0685. The summed E-state index contributed by atoms with van der Waals surface area (Å²) in [6.45, 7) is 2.17. The molecule has 1 aliphatic rings. The molecule has 0 aliphatic carbocycles. The number of benzene rings is 1. The Kier molecular flexibility index (Phi) is 3.50. The van der Waals surface area contributed by atoms with Crippen LogP contribution in [-0.2, 0) is 19.5 Å². The van der Waals surface area contributed by atoms with Crippen LogP contribution < -0.4 is 5.73 Å². The summed E-state index contributed by atoms with van der Waals surface area (Å²) in [6, 6.07) is 6.51. The van der Waals surface area contributed by atoms with Crippen LogP contribution in [0.1, 0.15) is 22.4 Å². The summed E-state index contributed by atoms with van der Waals surface area (Å²) in [5.41, 5.74) is 8.80. The first-order chi connectivity index (χ1) is 10.2. The molecule has 21 heavy (non-hydrogen) atoms. The highest BCUT2D eigenvalue weighted by Gasteiger charge is 2.20. The number of rotatable bonds is 2. The van der Waals surface area contributed by atoms with E-state index < -0.39 is 5.82 Å². The molecule has 2 N–H and O–H groups in total. The second-order valence-corrected chi connectivity index (χ2v) is 5.07. The van der Waals surface area contributed by atoms with Gasteiger partial charge >= 0.3 is 0 Å².